The van der Waals surface area contributed by atoms with E-state index in [4.69, 9.17) is 9.47 Å². The number of carbonyl (C=O) groups is 1. The monoisotopic (exact) mass is 592 g/mol. The summed E-state index contributed by atoms with van der Waals surface area (Å²) in [6.45, 7) is 9.91. The summed E-state index contributed by atoms with van der Waals surface area (Å²) in [7, 11) is -3.82. The van der Waals surface area contributed by atoms with E-state index >= 15 is 0 Å². The topological polar surface area (TPSA) is 117 Å². The van der Waals surface area contributed by atoms with Crippen LogP contribution in [-0.2, 0) is 16.4 Å². The van der Waals surface area contributed by atoms with Crippen LogP contribution in [0, 0.1) is 13.8 Å². The Balaban J connectivity index is 0.970. The highest BCUT2D eigenvalue weighted by atomic mass is 32.2. The third-order valence-corrected chi connectivity index (χ3v) is 10.0. The maximum absolute atomic E-state index is 13.0. The van der Waals surface area contributed by atoms with E-state index in [1.54, 1.807) is 12.1 Å². The standard InChI is InChI=1S/C30H36N6O5S/c1-21-4-3-5-22(2)29(21)31-30(37)36-12-10-24(11-13-36)35-16-14-34(15-17-35)19-23-6-9-28(33-32-23)42(38,39)25-7-8-26-27(18-25)41-20-40-26/h3-9,18,24H,10-17,19-20H2,1-2H3,(H,31,37). The molecule has 3 aliphatic rings. The summed E-state index contributed by atoms with van der Waals surface area (Å²) in [5, 5.41) is 11.3. The van der Waals surface area contributed by atoms with Crippen molar-refractivity contribution in [1.29, 1.82) is 0 Å². The van der Waals surface area contributed by atoms with Gasteiger partial charge in [0.25, 0.3) is 0 Å². The number of benzene rings is 2. The first-order valence-electron chi connectivity index (χ1n) is 14.3. The van der Waals surface area contributed by atoms with Crippen molar-refractivity contribution in [2.75, 3.05) is 51.4 Å². The predicted molar refractivity (Wildman–Crippen MR) is 156 cm³/mol. The largest absolute Gasteiger partial charge is 0.454 e. The van der Waals surface area contributed by atoms with Crippen LogP contribution in [0.2, 0.25) is 0 Å². The zero-order chi connectivity index (χ0) is 29.3. The highest BCUT2D eigenvalue weighted by Crippen LogP contribution is 2.35. The lowest BCUT2D eigenvalue weighted by Crippen LogP contribution is -2.53. The molecule has 4 heterocycles. The Morgan fingerprint density at radius 1 is 0.905 bits per heavy atom. The summed E-state index contributed by atoms with van der Waals surface area (Å²) in [6.07, 6.45) is 1.93. The van der Waals surface area contributed by atoms with Crippen molar-refractivity contribution in [3.8, 4) is 11.5 Å². The molecule has 222 valence electrons. The number of ether oxygens (including phenoxy) is 2. The maximum Gasteiger partial charge on any atom is 0.321 e. The smallest absolute Gasteiger partial charge is 0.321 e. The number of para-hydroxylation sites is 1. The van der Waals surface area contributed by atoms with Gasteiger partial charge in [-0.05, 0) is 62.1 Å². The van der Waals surface area contributed by atoms with Gasteiger partial charge in [-0.2, -0.15) is 5.10 Å². The second kappa shape index (κ2) is 11.9. The SMILES string of the molecule is Cc1cccc(C)c1NC(=O)N1CCC(N2CCN(Cc3ccc(S(=O)(=O)c4ccc5c(c4)OCO5)nn3)CC2)CC1. The van der Waals surface area contributed by atoms with Crippen LogP contribution in [0.15, 0.2) is 58.5 Å². The molecule has 0 bridgehead atoms. The number of urea groups is 1. The van der Waals surface area contributed by atoms with Gasteiger partial charge in [-0.3, -0.25) is 9.80 Å². The summed E-state index contributed by atoms with van der Waals surface area (Å²) in [6, 6.07) is 14.3. The summed E-state index contributed by atoms with van der Waals surface area (Å²) in [5.74, 6) is 0.932. The molecule has 3 aromatic rings. The van der Waals surface area contributed by atoms with E-state index in [0.29, 0.717) is 24.1 Å². The molecule has 1 N–H and O–H groups in total. The number of piperidine rings is 1. The Kier molecular flexibility index (Phi) is 8.02. The molecule has 2 aromatic carbocycles. The van der Waals surface area contributed by atoms with Gasteiger partial charge in [-0.25, -0.2) is 13.2 Å². The molecule has 0 radical (unpaired) electrons. The van der Waals surface area contributed by atoms with Crippen LogP contribution in [0.1, 0.15) is 29.7 Å². The lowest BCUT2D eigenvalue weighted by molar-refractivity contribution is 0.0634. The Hall–Kier alpha value is -3.74. The third kappa shape index (κ3) is 5.92. The number of fused-ring (bicyclic) bond motifs is 1. The van der Waals surface area contributed by atoms with Gasteiger partial charge in [0, 0.05) is 63.6 Å². The molecular formula is C30H36N6O5S. The van der Waals surface area contributed by atoms with Crippen LogP contribution >= 0.6 is 0 Å². The number of piperazine rings is 1. The summed E-state index contributed by atoms with van der Waals surface area (Å²) >= 11 is 0. The zero-order valence-electron chi connectivity index (χ0n) is 24.0. The van der Waals surface area contributed by atoms with E-state index < -0.39 is 9.84 Å². The van der Waals surface area contributed by atoms with Gasteiger partial charge in [0.2, 0.25) is 16.6 Å². The van der Waals surface area contributed by atoms with Gasteiger partial charge in [-0.15, -0.1) is 5.10 Å². The molecule has 0 unspecified atom stereocenters. The molecule has 2 amide bonds. The fourth-order valence-corrected chi connectivity index (χ4v) is 7.03. The van der Waals surface area contributed by atoms with Gasteiger partial charge >= 0.3 is 6.03 Å². The van der Waals surface area contributed by atoms with E-state index in [1.807, 2.05) is 36.9 Å². The number of likely N-dealkylation sites (tertiary alicyclic amines) is 1. The second-order valence-corrected chi connectivity index (χ2v) is 13.0. The lowest BCUT2D eigenvalue weighted by atomic mass is 10.0. The minimum atomic E-state index is -3.82. The van der Waals surface area contributed by atoms with Gasteiger partial charge in [0.05, 0.1) is 10.6 Å². The predicted octanol–water partition coefficient (Wildman–Crippen LogP) is 3.47. The number of amides is 2. The molecule has 12 heteroatoms. The number of carbonyl (C=O) groups excluding carboxylic acids is 1. The minimum absolute atomic E-state index is 0.0218. The molecule has 0 spiro atoms. The van der Waals surface area contributed by atoms with Crippen molar-refractivity contribution in [2.45, 2.75) is 49.2 Å². The van der Waals surface area contributed by atoms with E-state index in [-0.39, 0.29) is 22.7 Å². The normalized spacial score (nSPS) is 18.3. The van der Waals surface area contributed by atoms with Crippen LogP contribution in [0.5, 0.6) is 11.5 Å². The van der Waals surface area contributed by atoms with Crippen molar-refractivity contribution in [3.63, 3.8) is 0 Å². The van der Waals surface area contributed by atoms with E-state index in [1.165, 1.54) is 18.2 Å². The Morgan fingerprint density at radius 2 is 1.62 bits per heavy atom. The second-order valence-electron chi connectivity index (χ2n) is 11.1. The van der Waals surface area contributed by atoms with Crippen molar-refractivity contribution >= 4 is 21.6 Å². The number of aryl methyl sites for hydroxylation is 2. The average molecular weight is 593 g/mol. The van der Waals surface area contributed by atoms with Crippen molar-refractivity contribution in [2.24, 2.45) is 0 Å². The van der Waals surface area contributed by atoms with Crippen LogP contribution in [0.3, 0.4) is 0 Å². The number of sulfone groups is 1. The number of hydrogen-bond donors (Lipinski definition) is 1. The van der Waals surface area contributed by atoms with Crippen molar-refractivity contribution in [3.05, 3.63) is 65.4 Å². The quantitative estimate of drug-likeness (QED) is 0.459. The molecule has 3 aliphatic heterocycles. The number of anilines is 1. The van der Waals surface area contributed by atoms with Gasteiger partial charge in [0.15, 0.2) is 16.5 Å². The Bertz CT molecular complexity index is 1530. The molecule has 2 saturated heterocycles. The molecule has 1 aromatic heterocycles. The lowest BCUT2D eigenvalue weighted by Gasteiger charge is -2.42. The van der Waals surface area contributed by atoms with Crippen LogP contribution < -0.4 is 14.8 Å². The van der Waals surface area contributed by atoms with Crippen molar-refractivity contribution < 1.29 is 22.7 Å². The van der Waals surface area contributed by atoms with Gasteiger partial charge in [0.1, 0.15) is 0 Å². The first-order chi connectivity index (χ1) is 20.3. The Labute approximate surface area is 246 Å². The molecule has 2 fully saturated rings. The molecule has 0 aliphatic carbocycles. The molecule has 6 rings (SSSR count). The van der Waals surface area contributed by atoms with Crippen LogP contribution in [0.4, 0.5) is 10.5 Å². The summed E-state index contributed by atoms with van der Waals surface area (Å²) in [5.41, 5.74) is 3.79. The Morgan fingerprint density at radius 3 is 2.31 bits per heavy atom. The first-order valence-corrected chi connectivity index (χ1v) is 15.8. The maximum atomic E-state index is 13.0. The van der Waals surface area contributed by atoms with Crippen molar-refractivity contribution in [1.82, 2.24) is 24.9 Å². The highest BCUT2D eigenvalue weighted by molar-refractivity contribution is 7.91. The van der Waals surface area contributed by atoms with E-state index in [0.717, 1.165) is 74.6 Å². The average Bonchev–Trinajstić information content (AvgIpc) is 3.48. The molecular weight excluding hydrogens is 556 g/mol. The molecule has 11 nitrogen and oxygen atoms in total. The number of rotatable bonds is 6. The summed E-state index contributed by atoms with van der Waals surface area (Å²) < 4.78 is 36.7. The zero-order valence-corrected chi connectivity index (χ0v) is 24.8. The van der Waals surface area contributed by atoms with E-state index in [2.05, 4.69) is 25.3 Å². The van der Waals surface area contributed by atoms with Crippen LogP contribution in [-0.4, -0.2) is 91.4 Å². The fraction of sp³-hybridized carbons (Fsp3) is 0.433. The minimum Gasteiger partial charge on any atom is -0.454 e. The molecule has 0 atom stereocenters. The first kappa shape index (κ1) is 28.4. The molecule has 42 heavy (non-hydrogen) atoms. The van der Waals surface area contributed by atoms with Gasteiger partial charge in [-0.1, -0.05) is 18.2 Å². The fourth-order valence-electron chi connectivity index (χ4n) is 5.89. The number of nitrogens with one attached hydrogen (secondary N) is 1. The van der Waals surface area contributed by atoms with Gasteiger partial charge < -0.3 is 19.7 Å². The highest BCUT2D eigenvalue weighted by Gasteiger charge is 2.30. The number of hydrogen-bond acceptors (Lipinski definition) is 9. The number of nitrogens with zero attached hydrogens (tertiary/aromatic N) is 5. The van der Waals surface area contributed by atoms with Crippen LogP contribution in [0.25, 0.3) is 0 Å². The third-order valence-electron chi connectivity index (χ3n) is 8.40. The number of aromatic nitrogens is 2. The van der Waals surface area contributed by atoms with E-state index in [9.17, 15) is 13.2 Å². The molecule has 0 saturated carbocycles. The summed E-state index contributed by atoms with van der Waals surface area (Å²) in [4.78, 5) is 19.8.